The van der Waals surface area contributed by atoms with Crippen molar-refractivity contribution in [1.82, 2.24) is 10.2 Å². The molecule has 1 heterocycles. The molecule has 0 aliphatic carbocycles. The topological polar surface area (TPSA) is 35.5 Å². The van der Waals surface area contributed by atoms with E-state index in [4.69, 9.17) is 12.2 Å². The number of rotatable bonds is 2. The van der Waals surface area contributed by atoms with Crippen molar-refractivity contribution >= 4 is 17.3 Å². The molecule has 1 aliphatic rings. The number of hydrogen-bond donors (Lipinski definition) is 2. The summed E-state index contributed by atoms with van der Waals surface area (Å²) in [5.74, 6) is 0. The molecule has 4 heteroatoms. The van der Waals surface area contributed by atoms with Gasteiger partial charge in [-0.1, -0.05) is 0 Å². The summed E-state index contributed by atoms with van der Waals surface area (Å²) in [4.78, 5) is 2.04. The Labute approximate surface area is 85.1 Å². The van der Waals surface area contributed by atoms with Crippen LogP contribution in [0.1, 0.15) is 27.7 Å². The van der Waals surface area contributed by atoms with Crippen molar-refractivity contribution in [3.05, 3.63) is 0 Å². The summed E-state index contributed by atoms with van der Waals surface area (Å²) in [6.07, 6.45) is 0. The molecule has 3 nitrogen and oxygen atoms in total. The van der Waals surface area contributed by atoms with Crippen LogP contribution in [0.5, 0.6) is 0 Å². The third kappa shape index (κ3) is 2.11. The van der Waals surface area contributed by atoms with Crippen molar-refractivity contribution in [2.45, 2.75) is 38.8 Å². The van der Waals surface area contributed by atoms with Crippen LogP contribution in [0.3, 0.4) is 0 Å². The Hall–Kier alpha value is -0.350. The zero-order valence-corrected chi connectivity index (χ0v) is 9.53. The highest BCUT2D eigenvalue weighted by Crippen LogP contribution is 2.23. The van der Waals surface area contributed by atoms with Gasteiger partial charge in [-0.05, 0) is 39.9 Å². The highest BCUT2D eigenvalue weighted by molar-refractivity contribution is 7.80. The molecule has 0 radical (unpaired) electrons. The number of aliphatic hydroxyl groups is 1. The van der Waals surface area contributed by atoms with Crippen LogP contribution < -0.4 is 5.32 Å². The van der Waals surface area contributed by atoms with Crippen LogP contribution in [0.25, 0.3) is 0 Å². The molecule has 2 N–H and O–H groups in total. The third-order valence-corrected chi connectivity index (χ3v) is 2.68. The first-order valence-electron chi connectivity index (χ1n) is 4.49. The summed E-state index contributed by atoms with van der Waals surface area (Å²) < 4.78 is 0. The maximum atomic E-state index is 9.21. The first kappa shape index (κ1) is 10.7. The van der Waals surface area contributed by atoms with Crippen LogP contribution in [0, 0.1) is 0 Å². The fraction of sp³-hybridized carbons (Fsp3) is 0.889. The largest absolute Gasteiger partial charge is 0.394 e. The van der Waals surface area contributed by atoms with Gasteiger partial charge in [0, 0.05) is 6.54 Å². The van der Waals surface area contributed by atoms with Gasteiger partial charge in [0.05, 0.1) is 17.7 Å². The molecule has 0 spiro atoms. The summed E-state index contributed by atoms with van der Waals surface area (Å²) in [6, 6.07) is 0. The van der Waals surface area contributed by atoms with Crippen LogP contribution >= 0.6 is 12.2 Å². The van der Waals surface area contributed by atoms with E-state index in [0.29, 0.717) is 0 Å². The van der Waals surface area contributed by atoms with Gasteiger partial charge in [-0.15, -0.1) is 0 Å². The van der Waals surface area contributed by atoms with Crippen molar-refractivity contribution in [3.8, 4) is 0 Å². The molecule has 0 amide bonds. The predicted octanol–water partition coefficient (Wildman–Crippen LogP) is 0.726. The van der Waals surface area contributed by atoms with Crippen molar-refractivity contribution in [1.29, 1.82) is 0 Å². The molecule has 1 rings (SSSR count). The van der Waals surface area contributed by atoms with Gasteiger partial charge < -0.3 is 15.3 Å². The second kappa shape index (κ2) is 3.10. The Balaban J connectivity index is 2.79. The predicted molar refractivity (Wildman–Crippen MR) is 57.7 cm³/mol. The third-order valence-electron chi connectivity index (χ3n) is 2.36. The lowest BCUT2D eigenvalue weighted by molar-refractivity contribution is 0.115. The Morgan fingerprint density at radius 3 is 2.46 bits per heavy atom. The van der Waals surface area contributed by atoms with Crippen molar-refractivity contribution in [3.63, 3.8) is 0 Å². The van der Waals surface area contributed by atoms with Crippen molar-refractivity contribution in [2.24, 2.45) is 0 Å². The molecule has 0 aromatic rings. The Morgan fingerprint density at radius 1 is 1.62 bits per heavy atom. The van der Waals surface area contributed by atoms with E-state index in [1.54, 1.807) is 0 Å². The van der Waals surface area contributed by atoms with Gasteiger partial charge in [0.15, 0.2) is 5.11 Å². The smallest absolute Gasteiger partial charge is 0.170 e. The zero-order chi connectivity index (χ0) is 10.3. The molecule has 0 aromatic heterocycles. The lowest BCUT2D eigenvalue weighted by Crippen LogP contribution is -2.48. The average Bonchev–Trinajstić information content (AvgIpc) is 2.25. The van der Waals surface area contributed by atoms with E-state index in [-0.39, 0.29) is 17.7 Å². The number of thiocarbonyl (C=S) groups is 1. The van der Waals surface area contributed by atoms with E-state index in [1.807, 2.05) is 18.7 Å². The fourth-order valence-electron chi connectivity index (χ4n) is 1.44. The molecular formula is C9H18N2OS. The van der Waals surface area contributed by atoms with Gasteiger partial charge in [-0.2, -0.15) is 0 Å². The molecule has 13 heavy (non-hydrogen) atoms. The molecule has 76 valence electrons. The van der Waals surface area contributed by atoms with Crippen molar-refractivity contribution in [2.75, 3.05) is 13.2 Å². The molecule has 1 aliphatic heterocycles. The van der Waals surface area contributed by atoms with Crippen molar-refractivity contribution < 1.29 is 5.11 Å². The van der Waals surface area contributed by atoms with Crippen LogP contribution in [0.15, 0.2) is 0 Å². The molecule has 1 fully saturated rings. The maximum absolute atomic E-state index is 9.21. The normalized spacial score (nSPS) is 21.9. The molecule has 1 saturated heterocycles. The first-order chi connectivity index (χ1) is 5.78. The van der Waals surface area contributed by atoms with Crippen LogP contribution in [-0.4, -0.2) is 39.3 Å². The second-order valence-electron chi connectivity index (χ2n) is 4.87. The minimum Gasteiger partial charge on any atom is -0.394 e. The van der Waals surface area contributed by atoms with Gasteiger partial charge in [0.1, 0.15) is 0 Å². The summed E-state index contributed by atoms with van der Waals surface area (Å²) in [5.41, 5.74) is -0.249. The zero-order valence-electron chi connectivity index (χ0n) is 8.72. The second-order valence-corrected chi connectivity index (χ2v) is 5.26. The molecule has 0 unspecified atom stereocenters. The minimum absolute atomic E-state index is 0.0174. The first-order valence-corrected chi connectivity index (χ1v) is 4.90. The Bertz CT molecular complexity index is 226. The van der Waals surface area contributed by atoms with E-state index in [2.05, 4.69) is 19.2 Å². The van der Waals surface area contributed by atoms with Gasteiger partial charge >= 0.3 is 0 Å². The summed E-state index contributed by atoms with van der Waals surface area (Å²) in [5, 5.41) is 13.2. The van der Waals surface area contributed by atoms with Gasteiger partial charge in [-0.3, -0.25) is 0 Å². The van der Waals surface area contributed by atoms with E-state index in [1.165, 1.54) is 0 Å². The lowest BCUT2D eigenvalue weighted by Gasteiger charge is -2.34. The molecule has 0 bridgehead atoms. The standard InChI is InChI=1S/C9H18N2OS/c1-8(2)5-11(7(13)10-8)9(3,4)6-12/h12H,5-6H2,1-4H3,(H,10,13). The van der Waals surface area contributed by atoms with Crippen LogP contribution in [-0.2, 0) is 0 Å². The van der Waals surface area contributed by atoms with E-state index in [9.17, 15) is 5.11 Å². The molecular weight excluding hydrogens is 184 g/mol. The summed E-state index contributed by atoms with van der Waals surface area (Å²) >= 11 is 5.21. The lowest BCUT2D eigenvalue weighted by atomic mass is 10.0. The van der Waals surface area contributed by atoms with Crippen LogP contribution in [0.4, 0.5) is 0 Å². The van der Waals surface area contributed by atoms with E-state index in [0.717, 1.165) is 11.7 Å². The Morgan fingerprint density at radius 2 is 2.15 bits per heavy atom. The quantitative estimate of drug-likeness (QED) is 0.647. The highest BCUT2D eigenvalue weighted by atomic mass is 32.1. The fourth-order valence-corrected chi connectivity index (χ4v) is 2.03. The van der Waals surface area contributed by atoms with E-state index >= 15 is 0 Å². The maximum Gasteiger partial charge on any atom is 0.170 e. The SMILES string of the molecule is CC1(C)CN(C(C)(C)CO)C(=S)N1. The molecule has 0 aromatic carbocycles. The van der Waals surface area contributed by atoms with Crippen LogP contribution in [0.2, 0.25) is 0 Å². The highest BCUT2D eigenvalue weighted by Gasteiger charge is 2.39. The van der Waals surface area contributed by atoms with Gasteiger partial charge in [0.25, 0.3) is 0 Å². The summed E-state index contributed by atoms with van der Waals surface area (Å²) in [7, 11) is 0. The minimum atomic E-state index is -0.266. The van der Waals surface area contributed by atoms with Gasteiger partial charge in [0.2, 0.25) is 0 Å². The average molecular weight is 202 g/mol. The van der Waals surface area contributed by atoms with Gasteiger partial charge in [-0.25, -0.2) is 0 Å². The molecule has 0 saturated carbocycles. The van der Waals surface area contributed by atoms with E-state index < -0.39 is 0 Å². The number of hydrogen-bond acceptors (Lipinski definition) is 2. The summed E-state index contributed by atoms with van der Waals surface area (Å²) in [6.45, 7) is 9.15. The number of nitrogens with zero attached hydrogens (tertiary/aromatic N) is 1. The Kier molecular flexibility index (Phi) is 2.56. The number of aliphatic hydroxyl groups excluding tert-OH is 1. The number of nitrogens with one attached hydrogen (secondary N) is 1. The molecule has 0 atom stereocenters. The monoisotopic (exact) mass is 202 g/mol.